The summed E-state index contributed by atoms with van der Waals surface area (Å²) >= 11 is 0. The molecule has 1 aliphatic rings. The van der Waals surface area contributed by atoms with Crippen molar-refractivity contribution in [3.63, 3.8) is 0 Å². The molecular formula is C17H36N2. The van der Waals surface area contributed by atoms with E-state index in [2.05, 4.69) is 46.4 Å². The molecule has 2 heteroatoms. The Bertz CT molecular complexity index is 228. The molecule has 4 atom stereocenters. The third-order valence-corrected chi connectivity index (χ3v) is 4.45. The third-order valence-electron chi connectivity index (χ3n) is 4.45. The Morgan fingerprint density at radius 1 is 1.00 bits per heavy atom. The monoisotopic (exact) mass is 268 g/mol. The summed E-state index contributed by atoms with van der Waals surface area (Å²) in [6.07, 6.45) is 2.57. The lowest BCUT2D eigenvalue weighted by atomic mass is 9.72. The number of hydrogen-bond acceptors (Lipinski definition) is 2. The van der Waals surface area contributed by atoms with E-state index < -0.39 is 0 Å². The first-order valence-electron chi connectivity index (χ1n) is 8.27. The number of nitrogens with two attached hydrogens (primary N) is 1. The molecular weight excluding hydrogens is 232 g/mol. The number of nitrogens with zero attached hydrogens (tertiary/aromatic N) is 1. The predicted molar refractivity (Wildman–Crippen MR) is 85.1 cm³/mol. The van der Waals surface area contributed by atoms with Crippen LogP contribution in [0.4, 0.5) is 0 Å². The minimum Gasteiger partial charge on any atom is -0.327 e. The molecule has 0 aromatic rings. The minimum absolute atomic E-state index is 0.403. The van der Waals surface area contributed by atoms with Gasteiger partial charge in [-0.25, -0.2) is 0 Å². The van der Waals surface area contributed by atoms with E-state index in [1.807, 2.05) is 0 Å². The van der Waals surface area contributed by atoms with Gasteiger partial charge in [-0.1, -0.05) is 41.5 Å². The van der Waals surface area contributed by atoms with Crippen LogP contribution in [0.1, 0.15) is 54.4 Å². The van der Waals surface area contributed by atoms with E-state index in [1.54, 1.807) is 0 Å². The SMILES string of the molecule is CC(C)CN(CC(C)C)CC1C(C)CC(C)CC1N. The molecule has 1 fully saturated rings. The van der Waals surface area contributed by atoms with Gasteiger partial charge in [0.2, 0.25) is 0 Å². The van der Waals surface area contributed by atoms with Crippen molar-refractivity contribution in [2.24, 2.45) is 35.3 Å². The molecule has 0 radical (unpaired) electrons. The van der Waals surface area contributed by atoms with Crippen LogP contribution in [-0.2, 0) is 0 Å². The van der Waals surface area contributed by atoms with Crippen LogP contribution in [0, 0.1) is 29.6 Å². The molecule has 114 valence electrons. The maximum Gasteiger partial charge on any atom is 0.00844 e. The van der Waals surface area contributed by atoms with Crippen LogP contribution in [0.25, 0.3) is 0 Å². The van der Waals surface area contributed by atoms with Crippen molar-refractivity contribution in [1.82, 2.24) is 4.90 Å². The topological polar surface area (TPSA) is 29.3 Å². The lowest BCUT2D eigenvalue weighted by molar-refractivity contribution is 0.104. The fraction of sp³-hybridized carbons (Fsp3) is 1.00. The summed E-state index contributed by atoms with van der Waals surface area (Å²) in [7, 11) is 0. The molecule has 4 unspecified atom stereocenters. The van der Waals surface area contributed by atoms with Crippen molar-refractivity contribution in [1.29, 1.82) is 0 Å². The Morgan fingerprint density at radius 2 is 1.53 bits per heavy atom. The van der Waals surface area contributed by atoms with Gasteiger partial charge in [0.25, 0.3) is 0 Å². The van der Waals surface area contributed by atoms with E-state index in [-0.39, 0.29) is 0 Å². The predicted octanol–water partition coefficient (Wildman–Crippen LogP) is 3.61. The fourth-order valence-electron chi connectivity index (χ4n) is 3.84. The van der Waals surface area contributed by atoms with Gasteiger partial charge in [-0.3, -0.25) is 0 Å². The summed E-state index contributed by atoms with van der Waals surface area (Å²) in [5, 5.41) is 0. The van der Waals surface area contributed by atoms with Crippen molar-refractivity contribution in [3.05, 3.63) is 0 Å². The maximum absolute atomic E-state index is 6.44. The molecule has 0 spiro atoms. The molecule has 1 aliphatic carbocycles. The molecule has 0 amide bonds. The zero-order valence-electron chi connectivity index (χ0n) is 14.0. The van der Waals surface area contributed by atoms with Crippen LogP contribution in [0.5, 0.6) is 0 Å². The summed E-state index contributed by atoms with van der Waals surface area (Å²) in [5.74, 6) is 3.76. The summed E-state index contributed by atoms with van der Waals surface area (Å²) < 4.78 is 0. The van der Waals surface area contributed by atoms with Crippen LogP contribution in [0.15, 0.2) is 0 Å². The second kappa shape index (κ2) is 7.64. The molecule has 2 N–H and O–H groups in total. The fourth-order valence-corrected chi connectivity index (χ4v) is 3.84. The van der Waals surface area contributed by atoms with Gasteiger partial charge < -0.3 is 10.6 Å². The van der Waals surface area contributed by atoms with Crippen LogP contribution < -0.4 is 5.73 Å². The van der Waals surface area contributed by atoms with Gasteiger partial charge in [-0.05, 0) is 42.4 Å². The van der Waals surface area contributed by atoms with Gasteiger partial charge in [-0.15, -0.1) is 0 Å². The molecule has 0 aliphatic heterocycles. The Kier molecular flexibility index (Phi) is 6.82. The van der Waals surface area contributed by atoms with Gasteiger partial charge in [0.1, 0.15) is 0 Å². The number of hydrogen-bond donors (Lipinski definition) is 1. The van der Waals surface area contributed by atoms with E-state index in [0.717, 1.165) is 23.7 Å². The normalized spacial score (nSPS) is 32.5. The summed E-state index contributed by atoms with van der Waals surface area (Å²) in [5.41, 5.74) is 6.44. The molecule has 0 bridgehead atoms. The van der Waals surface area contributed by atoms with Gasteiger partial charge in [0, 0.05) is 25.7 Å². The highest BCUT2D eigenvalue weighted by Crippen LogP contribution is 2.33. The summed E-state index contributed by atoms with van der Waals surface area (Å²) in [4.78, 5) is 2.66. The smallest absolute Gasteiger partial charge is 0.00844 e. The molecule has 2 nitrogen and oxygen atoms in total. The lowest BCUT2D eigenvalue weighted by Gasteiger charge is -2.41. The molecule has 1 rings (SSSR count). The minimum atomic E-state index is 0.403. The maximum atomic E-state index is 6.44. The highest BCUT2D eigenvalue weighted by molar-refractivity contribution is 4.87. The molecule has 1 saturated carbocycles. The summed E-state index contributed by atoms with van der Waals surface area (Å²) in [6.45, 7) is 17.7. The average Bonchev–Trinajstić information content (AvgIpc) is 2.21. The van der Waals surface area contributed by atoms with E-state index >= 15 is 0 Å². The van der Waals surface area contributed by atoms with Crippen LogP contribution in [0.2, 0.25) is 0 Å². The van der Waals surface area contributed by atoms with Crippen molar-refractivity contribution in [2.45, 2.75) is 60.4 Å². The highest BCUT2D eigenvalue weighted by Gasteiger charge is 2.32. The first kappa shape index (κ1) is 17.0. The average molecular weight is 268 g/mol. The van der Waals surface area contributed by atoms with E-state index in [4.69, 9.17) is 5.73 Å². The van der Waals surface area contributed by atoms with Crippen molar-refractivity contribution in [2.75, 3.05) is 19.6 Å². The second-order valence-corrected chi connectivity index (χ2v) is 7.89. The molecule has 0 saturated heterocycles. The van der Waals surface area contributed by atoms with Gasteiger partial charge in [0.05, 0.1) is 0 Å². The Balaban J connectivity index is 2.60. The van der Waals surface area contributed by atoms with Crippen molar-refractivity contribution >= 4 is 0 Å². The van der Waals surface area contributed by atoms with Gasteiger partial charge in [0.15, 0.2) is 0 Å². The number of rotatable bonds is 6. The summed E-state index contributed by atoms with van der Waals surface area (Å²) in [6, 6.07) is 0.403. The van der Waals surface area contributed by atoms with Crippen LogP contribution in [-0.4, -0.2) is 30.6 Å². The molecule has 19 heavy (non-hydrogen) atoms. The Morgan fingerprint density at radius 3 is 1.95 bits per heavy atom. The first-order chi connectivity index (χ1) is 8.79. The molecule has 0 heterocycles. The van der Waals surface area contributed by atoms with E-state index in [1.165, 1.54) is 32.5 Å². The standard InChI is InChI=1S/C17H36N2/c1-12(2)9-19(10-13(3)4)11-16-15(6)7-14(5)8-17(16)18/h12-17H,7-11,18H2,1-6H3. The lowest BCUT2D eigenvalue weighted by Crippen LogP contribution is -2.48. The first-order valence-corrected chi connectivity index (χ1v) is 8.27. The van der Waals surface area contributed by atoms with Gasteiger partial charge in [-0.2, -0.15) is 0 Å². The Labute approximate surface area is 121 Å². The van der Waals surface area contributed by atoms with E-state index in [9.17, 15) is 0 Å². The zero-order chi connectivity index (χ0) is 14.6. The molecule has 0 aromatic carbocycles. The third kappa shape index (κ3) is 5.83. The highest BCUT2D eigenvalue weighted by atomic mass is 15.1. The largest absolute Gasteiger partial charge is 0.327 e. The van der Waals surface area contributed by atoms with Crippen molar-refractivity contribution < 1.29 is 0 Å². The van der Waals surface area contributed by atoms with Crippen molar-refractivity contribution in [3.8, 4) is 0 Å². The quantitative estimate of drug-likeness (QED) is 0.797. The molecule has 0 aromatic heterocycles. The van der Waals surface area contributed by atoms with Crippen LogP contribution >= 0.6 is 0 Å². The van der Waals surface area contributed by atoms with Gasteiger partial charge >= 0.3 is 0 Å². The Hall–Kier alpha value is -0.0800. The second-order valence-electron chi connectivity index (χ2n) is 7.89. The van der Waals surface area contributed by atoms with E-state index in [0.29, 0.717) is 12.0 Å². The van der Waals surface area contributed by atoms with Crippen LogP contribution in [0.3, 0.4) is 0 Å². The zero-order valence-corrected chi connectivity index (χ0v) is 14.0.